The Bertz CT molecular complexity index is 448. The molecule has 1 aromatic heterocycles. The van der Waals surface area contributed by atoms with Crippen molar-refractivity contribution in [2.45, 2.75) is 0 Å². The summed E-state index contributed by atoms with van der Waals surface area (Å²) in [5.41, 5.74) is 6.64. The highest BCUT2D eigenvalue weighted by Crippen LogP contribution is 2.13. The topological polar surface area (TPSA) is 97.5 Å². The molecule has 0 atom stereocenters. The minimum absolute atomic E-state index is 0.0154. The van der Waals surface area contributed by atoms with Crippen molar-refractivity contribution in [1.82, 2.24) is 20.6 Å². The molecule has 1 aromatic carbocycles. The number of carbonyl (C=O) groups excluding carboxylic acids is 1. The van der Waals surface area contributed by atoms with Crippen LogP contribution in [0.1, 0.15) is 10.4 Å². The highest BCUT2D eigenvalue weighted by atomic mass is 16.1. The van der Waals surface area contributed by atoms with E-state index in [0.717, 1.165) is 5.56 Å². The lowest BCUT2D eigenvalue weighted by Crippen LogP contribution is -2.13. The van der Waals surface area contributed by atoms with Crippen LogP contribution >= 0.6 is 0 Å². The number of nitrogens with zero attached hydrogens (tertiary/aromatic N) is 3. The predicted octanol–water partition coefficient (Wildman–Crippen LogP) is 0.00810. The molecule has 0 spiro atoms. The summed E-state index contributed by atoms with van der Waals surface area (Å²) in [6.45, 7) is 0.0154. The maximum absolute atomic E-state index is 11.2. The molecule has 6 nitrogen and oxygen atoms in total. The number of Topliss-reactive ketones (excluding diaryl/α,β-unsaturated/α-hetero) is 1. The quantitative estimate of drug-likeness (QED) is 0.684. The number of aromatic nitrogens is 4. The first-order chi connectivity index (χ1) is 7.31. The Hall–Kier alpha value is -2.08. The largest absolute Gasteiger partial charge is 0.324 e. The van der Waals surface area contributed by atoms with Crippen LogP contribution in [-0.4, -0.2) is 33.0 Å². The van der Waals surface area contributed by atoms with Crippen LogP contribution in [0.5, 0.6) is 0 Å². The minimum atomic E-state index is -0.0883. The minimum Gasteiger partial charge on any atom is -0.324 e. The second kappa shape index (κ2) is 3.97. The number of hydrogen-bond donors (Lipinski definition) is 2. The third-order valence-electron chi connectivity index (χ3n) is 2.00. The van der Waals surface area contributed by atoms with Gasteiger partial charge in [0.15, 0.2) is 5.78 Å². The van der Waals surface area contributed by atoms with E-state index in [9.17, 15) is 4.79 Å². The van der Waals surface area contributed by atoms with E-state index in [4.69, 9.17) is 5.73 Å². The van der Waals surface area contributed by atoms with Gasteiger partial charge in [0.05, 0.1) is 6.54 Å². The van der Waals surface area contributed by atoms with Gasteiger partial charge in [0.2, 0.25) is 5.82 Å². The number of nitrogens with one attached hydrogen (secondary N) is 1. The first kappa shape index (κ1) is 9.47. The van der Waals surface area contributed by atoms with Crippen molar-refractivity contribution in [3.63, 3.8) is 0 Å². The van der Waals surface area contributed by atoms with Gasteiger partial charge in [-0.15, -0.1) is 10.2 Å². The van der Waals surface area contributed by atoms with E-state index >= 15 is 0 Å². The van der Waals surface area contributed by atoms with E-state index in [-0.39, 0.29) is 12.3 Å². The van der Waals surface area contributed by atoms with Crippen LogP contribution in [0.3, 0.4) is 0 Å². The number of hydrogen-bond acceptors (Lipinski definition) is 5. The Morgan fingerprint density at radius 2 is 2.07 bits per heavy atom. The highest BCUT2D eigenvalue weighted by Gasteiger charge is 2.05. The lowest BCUT2D eigenvalue weighted by Gasteiger charge is -1.98. The fourth-order valence-electron chi connectivity index (χ4n) is 1.21. The summed E-state index contributed by atoms with van der Waals surface area (Å²) in [6.07, 6.45) is 0. The van der Waals surface area contributed by atoms with Crippen molar-refractivity contribution in [3.05, 3.63) is 29.8 Å². The molecule has 0 fully saturated rings. The van der Waals surface area contributed by atoms with Crippen molar-refractivity contribution >= 4 is 5.78 Å². The molecule has 0 bridgehead atoms. The summed E-state index contributed by atoms with van der Waals surface area (Å²) in [4.78, 5) is 11.2. The standard InChI is InChI=1S/C9H9N5O/c10-5-8(15)6-1-3-7(4-2-6)9-11-13-14-12-9/h1-4H,5,10H2,(H,11,12,13,14). The van der Waals surface area contributed by atoms with Gasteiger partial charge in [-0.1, -0.05) is 24.3 Å². The second-order valence-corrected chi connectivity index (χ2v) is 2.94. The van der Waals surface area contributed by atoms with Crippen molar-refractivity contribution in [2.75, 3.05) is 6.54 Å². The average molecular weight is 203 g/mol. The van der Waals surface area contributed by atoms with Crippen molar-refractivity contribution < 1.29 is 4.79 Å². The molecule has 2 aromatic rings. The lowest BCUT2D eigenvalue weighted by atomic mass is 10.1. The molecule has 0 unspecified atom stereocenters. The molecule has 76 valence electrons. The van der Waals surface area contributed by atoms with Gasteiger partial charge >= 0.3 is 0 Å². The van der Waals surface area contributed by atoms with Crippen LogP contribution in [0.2, 0.25) is 0 Å². The van der Waals surface area contributed by atoms with Crippen LogP contribution < -0.4 is 5.73 Å². The zero-order valence-corrected chi connectivity index (χ0v) is 7.84. The Balaban J connectivity index is 2.29. The fraction of sp³-hybridized carbons (Fsp3) is 0.111. The van der Waals surface area contributed by atoms with Gasteiger partial charge in [0.25, 0.3) is 0 Å². The summed E-state index contributed by atoms with van der Waals surface area (Å²) in [6, 6.07) is 6.91. The Labute approximate surface area is 85.5 Å². The predicted molar refractivity (Wildman–Crippen MR) is 53.0 cm³/mol. The van der Waals surface area contributed by atoms with Gasteiger partial charge in [0, 0.05) is 11.1 Å². The summed E-state index contributed by atoms with van der Waals surface area (Å²) >= 11 is 0. The van der Waals surface area contributed by atoms with E-state index in [1.165, 1.54) is 0 Å². The molecule has 0 saturated heterocycles. The third-order valence-corrected chi connectivity index (χ3v) is 2.00. The normalized spacial score (nSPS) is 10.2. The number of ketones is 1. The molecule has 3 N–H and O–H groups in total. The molecule has 1 heterocycles. The van der Waals surface area contributed by atoms with E-state index in [0.29, 0.717) is 11.4 Å². The number of carbonyl (C=O) groups is 1. The number of nitrogens with two attached hydrogens (primary N) is 1. The zero-order valence-electron chi connectivity index (χ0n) is 7.84. The van der Waals surface area contributed by atoms with Crippen molar-refractivity contribution in [1.29, 1.82) is 0 Å². The van der Waals surface area contributed by atoms with Gasteiger partial charge in [0.1, 0.15) is 0 Å². The molecule has 6 heteroatoms. The number of H-pyrrole nitrogens is 1. The Kier molecular flexibility index (Phi) is 2.51. The SMILES string of the molecule is NCC(=O)c1ccc(-c2nn[nH]n2)cc1. The lowest BCUT2D eigenvalue weighted by molar-refractivity contribution is 0.100. The molecule has 2 rings (SSSR count). The van der Waals surface area contributed by atoms with E-state index < -0.39 is 0 Å². The van der Waals surface area contributed by atoms with Gasteiger partial charge in [-0.05, 0) is 5.21 Å². The van der Waals surface area contributed by atoms with E-state index in [2.05, 4.69) is 20.6 Å². The summed E-state index contributed by atoms with van der Waals surface area (Å²) < 4.78 is 0. The molecule has 0 aliphatic rings. The molecule has 0 radical (unpaired) electrons. The number of tetrazole rings is 1. The third kappa shape index (κ3) is 1.89. The van der Waals surface area contributed by atoms with Crippen molar-refractivity contribution in [3.8, 4) is 11.4 Å². The monoisotopic (exact) mass is 203 g/mol. The van der Waals surface area contributed by atoms with Crippen LogP contribution in [0, 0.1) is 0 Å². The van der Waals surface area contributed by atoms with Crippen LogP contribution in [-0.2, 0) is 0 Å². The fourth-order valence-corrected chi connectivity index (χ4v) is 1.21. The van der Waals surface area contributed by atoms with Crippen molar-refractivity contribution in [2.24, 2.45) is 5.73 Å². The number of benzene rings is 1. The molecule has 0 aliphatic heterocycles. The average Bonchev–Trinajstić information content (AvgIpc) is 2.82. The number of rotatable bonds is 3. The molecular weight excluding hydrogens is 194 g/mol. The van der Waals surface area contributed by atoms with Crippen LogP contribution in [0.15, 0.2) is 24.3 Å². The van der Waals surface area contributed by atoms with Gasteiger partial charge in [-0.2, -0.15) is 5.21 Å². The summed E-state index contributed by atoms with van der Waals surface area (Å²) in [5.74, 6) is 0.413. The Morgan fingerprint density at radius 1 is 1.33 bits per heavy atom. The van der Waals surface area contributed by atoms with Gasteiger partial charge in [-0.25, -0.2) is 0 Å². The molecule has 0 amide bonds. The first-order valence-corrected chi connectivity index (χ1v) is 4.38. The number of aromatic amines is 1. The molecule has 0 saturated carbocycles. The van der Waals surface area contributed by atoms with E-state index in [1.54, 1.807) is 24.3 Å². The molecule has 15 heavy (non-hydrogen) atoms. The first-order valence-electron chi connectivity index (χ1n) is 4.38. The highest BCUT2D eigenvalue weighted by molar-refractivity contribution is 5.97. The van der Waals surface area contributed by atoms with Gasteiger partial charge in [-0.3, -0.25) is 4.79 Å². The Morgan fingerprint density at radius 3 is 2.60 bits per heavy atom. The molecule has 0 aliphatic carbocycles. The van der Waals surface area contributed by atoms with Gasteiger partial charge < -0.3 is 5.73 Å². The van der Waals surface area contributed by atoms with Crippen LogP contribution in [0.4, 0.5) is 0 Å². The van der Waals surface area contributed by atoms with Crippen LogP contribution in [0.25, 0.3) is 11.4 Å². The molecular formula is C9H9N5O. The van der Waals surface area contributed by atoms with E-state index in [1.807, 2.05) is 0 Å². The second-order valence-electron chi connectivity index (χ2n) is 2.94. The summed E-state index contributed by atoms with van der Waals surface area (Å²) in [5, 5.41) is 13.5. The zero-order chi connectivity index (χ0) is 10.7. The maximum atomic E-state index is 11.2. The smallest absolute Gasteiger partial charge is 0.204 e. The maximum Gasteiger partial charge on any atom is 0.204 e. The summed E-state index contributed by atoms with van der Waals surface area (Å²) in [7, 11) is 0.